The van der Waals surface area contributed by atoms with Crippen molar-refractivity contribution in [2.75, 3.05) is 5.75 Å². The van der Waals surface area contributed by atoms with Crippen LogP contribution >= 0.6 is 11.8 Å². The largest absolute Gasteiger partial charge is 0.288 e. The summed E-state index contributed by atoms with van der Waals surface area (Å²) >= 11 is 1.25. The molecule has 0 radical (unpaired) electrons. The van der Waals surface area contributed by atoms with Crippen molar-refractivity contribution < 1.29 is 9.72 Å². The molecule has 0 fully saturated rings. The monoisotopic (exact) mass is 263 g/mol. The normalized spacial score (nSPS) is 9.44. The second-order valence-corrected chi connectivity index (χ2v) is 4.92. The fourth-order valence-electron chi connectivity index (χ4n) is 1.31. The summed E-state index contributed by atoms with van der Waals surface area (Å²) in [6.07, 6.45) is 0.626. The molecule has 0 aliphatic rings. The number of nitrogens with zero attached hydrogens (tertiary/aromatic N) is 1. The number of nitro groups is 1. The third-order valence-electron chi connectivity index (χ3n) is 2.18. The van der Waals surface area contributed by atoms with Gasteiger partial charge >= 0.3 is 0 Å². The van der Waals surface area contributed by atoms with Gasteiger partial charge in [0.2, 0.25) is 0 Å². The van der Waals surface area contributed by atoms with E-state index in [1.54, 1.807) is 13.0 Å². The van der Waals surface area contributed by atoms with Gasteiger partial charge in [0.15, 0.2) is 5.12 Å². The maximum atomic E-state index is 10.7. The highest BCUT2D eigenvalue weighted by molar-refractivity contribution is 8.13. The van der Waals surface area contributed by atoms with E-state index in [0.717, 1.165) is 11.1 Å². The first kappa shape index (κ1) is 14.3. The molecule has 0 atom stereocenters. The molecule has 0 amide bonds. The van der Waals surface area contributed by atoms with Crippen LogP contribution in [0.5, 0.6) is 0 Å². The fraction of sp³-hybridized carbons (Fsp3) is 0.308. The fourth-order valence-corrected chi connectivity index (χ4v) is 1.80. The SMILES string of the molecule is CC(=O)SCCC#Cc1ccc([N+](=O)[O-])cc1C. The lowest BCUT2D eigenvalue weighted by Crippen LogP contribution is -1.90. The van der Waals surface area contributed by atoms with E-state index in [2.05, 4.69) is 11.8 Å². The van der Waals surface area contributed by atoms with E-state index in [4.69, 9.17) is 0 Å². The van der Waals surface area contributed by atoms with Gasteiger partial charge in [-0.25, -0.2) is 0 Å². The van der Waals surface area contributed by atoms with Crippen LogP contribution in [-0.4, -0.2) is 15.8 Å². The highest BCUT2D eigenvalue weighted by Crippen LogP contribution is 2.16. The molecule has 0 bridgehead atoms. The van der Waals surface area contributed by atoms with Crippen molar-refractivity contribution in [1.29, 1.82) is 0 Å². The van der Waals surface area contributed by atoms with Crippen molar-refractivity contribution >= 4 is 22.6 Å². The number of aryl methyl sites for hydroxylation is 1. The van der Waals surface area contributed by atoms with Gasteiger partial charge in [-0.05, 0) is 18.6 Å². The minimum absolute atomic E-state index is 0.0742. The summed E-state index contributed by atoms with van der Waals surface area (Å²) in [6.45, 7) is 3.32. The Morgan fingerprint density at radius 3 is 2.78 bits per heavy atom. The number of non-ortho nitro benzene ring substituents is 1. The first-order valence-electron chi connectivity index (χ1n) is 5.38. The maximum Gasteiger partial charge on any atom is 0.269 e. The predicted molar refractivity (Wildman–Crippen MR) is 72.5 cm³/mol. The standard InChI is InChI=1S/C13H13NO3S/c1-10-9-13(14(16)17)7-6-12(10)5-3-4-8-18-11(2)15/h6-7,9H,4,8H2,1-2H3. The Balaban J connectivity index is 2.65. The highest BCUT2D eigenvalue weighted by atomic mass is 32.2. The number of rotatable bonds is 3. The van der Waals surface area contributed by atoms with Crippen molar-refractivity contribution in [3.05, 3.63) is 39.4 Å². The second-order valence-electron chi connectivity index (χ2n) is 3.65. The van der Waals surface area contributed by atoms with Crippen LogP contribution in [-0.2, 0) is 4.79 Å². The van der Waals surface area contributed by atoms with E-state index >= 15 is 0 Å². The molecular formula is C13H13NO3S. The quantitative estimate of drug-likeness (QED) is 0.364. The summed E-state index contributed by atoms with van der Waals surface area (Å²) in [7, 11) is 0. The number of hydrogen-bond acceptors (Lipinski definition) is 4. The third-order valence-corrected chi connectivity index (χ3v) is 2.99. The molecule has 0 unspecified atom stereocenters. The van der Waals surface area contributed by atoms with Crippen LogP contribution in [0.3, 0.4) is 0 Å². The Morgan fingerprint density at radius 1 is 1.50 bits per heavy atom. The Morgan fingerprint density at radius 2 is 2.22 bits per heavy atom. The average Bonchev–Trinajstić information content (AvgIpc) is 2.29. The minimum atomic E-state index is -0.423. The molecule has 0 aliphatic heterocycles. The number of thioether (sulfide) groups is 1. The highest BCUT2D eigenvalue weighted by Gasteiger charge is 2.06. The molecule has 1 aromatic rings. The van der Waals surface area contributed by atoms with Crippen molar-refractivity contribution in [2.24, 2.45) is 0 Å². The lowest BCUT2D eigenvalue weighted by molar-refractivity contribution is -0.384. The molecule has 0 saturated heterocycles. The predicted octanol–water partition coefficient (Wildman–Crippen LogP) is 2.92. The number of nitro benzene ring substituents is 1. The Kier molecular flexibility index (Phi) is 5.40. The van der Waals surface area contributed by atoms with Crippen molar-refractivity contribution in [3.8, 4) is 11.8 Å². The number of hydrogen-bond donors (Lipinski definition) is 0. The van der Waals surface area contributed by atoms with Gasteiger partial charge in [-0.3, -0.25) is 14.9 Å². The van der Waals surface area contributed by atoms with E-state index in [9.17, 15) is 14.9 Å². The summed E-state index contributed by atoms with van der Waals surface area (Å²) in [5.41, 5.74) is 1.65. The van der Waals surface area contributed by atoms with Gasteiger partial charge in [0, 0.05) is 36.8 Å². The number of carbonyl (C=O) groups excluding carboxylic acids is 1. The maximum absolute atomic E-state index is 10.7. The first-order valence-corrected chi connectivity index (χ1v) is 6.36. The summed E-state index contributed by atoms with van der Waals surface area (Å²) in [5.74, 6) is 6.58. The van der Waals surface area contributed by atoms with E-state index < -0.39 is 4.92 Å². The zero-order valence-corrected chi connectivity index (χ0v) is 11.0. The first-order chi connectivity index (χ1) is 8.50. The molecule has 0 aromatic heterocycles. The van der Waals surface area contributed by atoms with Crippen LogP contribution in [0.1, 0.15) is 24.5 Å². The molecule has 18 heavy (non-hydrogen) atoms. The van der Waals surface area contributed by atoms with Gasteiger partial charge in [-0.15, -0.1) is 0 Å². The van der Waals surface area contributed by atoms with Crippen molar-refractivity contribution in [3.63, 3.8) is 0 Å². The Bertz CT molecular complexity index is 529. The third kappa shape index (κ3) is 4.60. The molecule has 0 heterocycles. The molecule has 0 aliphatic carbocycles. The zero-order chi connectivity index (χ0) is 13.5. The molecule has 94 valence electrons. The van der Waals surface area contributed by atoms with Gasteiger partial charge in [0.25, 0.3) is 5.69 Å². The van der Waals surface area contributed by atoms with E-state index in [1.807, 2.05) is 0 Å². The smallest absolute Gasteiger partial charge is 0.269 e. The average molecular weight is 263 g/mol. The van der Waals surface area contributed by atoms with Crippen LogP contribution in [0, 0.1) is 28.9 Å². The molecule has 4 nitrogen and oxygen atoms in total. The molecular weight excluding hydrogens is 250 g/mol. The molecule has 0 saturated carbocycles. The molecule has 0 N–H and O–H groups in total. The van der Waals surface area contributed by atoms with Gasteiger partial charge < -0.3 is 0 Å². The lowest BCUT2D eigenvalue weighted by atomic mass is 10.1. The van der Waals surface area contributed by atoms with E-state index in [1.165, 1.54) is 30.8 Å². The zero-order valence-electron chi connectivity index (χ0n) is 10.2. The lowest BCUT2D eigenvalue weighted by Gasteiger charge is -1.97. The van der Waals surface area contributed by atoms with E-state index in [-0.39, 0.29) is 10.8 Å². The van der Waals surface area contributed by atoms with Crippen LogP contribution in [0.15, 0.2) is 18.2 Å². The number of benzene rings is 1. The van der Waals surface area contributed by atoms with Gasteiger partial charge in [-0.1, -0.05) is 23.6 Å². The summed E-state index contributed by atoms with van der Waals surface area (Å²) in [4.78, 5) is 20.8. The van der Waals surface area contributed by atoms with Gasteiger partial charge in [0.1, 0.15) is 0 Å². The van der Waals surface area contributed by atoms with Crippen LogP contribution in [0.25, 0.3) is 0 Å². The molecule has 1 rings (SSSR count). The molecule has 1 aromatic carbocycles. The second kappa shape index (κ2) is 6.82. The van der Waals surface area contributed by atoms with Gasteiger partial charge in [-0.2, -0.15) is 0 Å². The van der Waals surface area contributed by atoms with Crippen molar-refractivity contribution in [2.45, 2.75) is 20.3 Å². The Labute approximate surface area is 110 Å². The molecule has 5 heteroatoms. The summed E-state index contributed by atoms with van der Waals surface area (Å²) in [6, 6.07) is 4.61. The van der Waals surface area contributed by atoms with Gasteiger partial charge in [0.05, 0.1) is 4.92 Å². The topological polar surface area (TPSA) is 60.2 Å². The van der Waals surface area contributed by atoms with Crippen LogP contribution in [0.4, 0.5) is 5.69 Å². The summed E-state index contributed by atoms with van der Waals surface area (Å²) in [5, 5.41) is 10.6. The minimum Gasteiger partial charge on any atom is -0.288 e. The van der Waals surface area contributed by atoms with Crippen molar-refractivity contribution in [1.82, 2.24) is 0 Å². The Hall–Kier alpha value is -1.80. The van der Waals surface area contributed by atoms with Crippen LogP contribution < -0.4 is 0 Å². The number of carbonyl (C=O) groups is 1. The van der Waals surface area contributed by atoms with E-state index in [0.29, 0.717) is 12.2 Å². The summed E-state index contributed by atoms with van der Waals surface area (Å²) < 4.78 is 0. The van der Waals surface area contributed by atoms with Crippen LogP contribution in [0.2, 0.25) is 0 Å². The molecule has 0 spiro atoms.